The number of carbonyl (C=O) groups is 1. The van der Waals surface area contributed by atoms with Crippen molar-refractivity contribution in [2.24, 2.45) is 5.84 Å². The fourth-order valence-electron chi connectivity index (χ4n) is 0.911. The molecule has 0 spiro atoms. The zero-order valence-electron chi connectivity index (χ0n) is 6.99. The van der Waals surface area contributed by atoms with Gasteiger partial charge in [-0.25, -0.2) is 10.6 Å². The molecule has 0 aromatic rings. The molecule has 0 aromatic carbocycles. The van der Waals surface area contributed by atoms with Crippen LogP contribution in [0.5, 0.6) is 0 Å². The molecule has 1 rings (SSSR count). The summed E-state index contributed by atoms with van der Waals surface area (Å²) in [6.07, 6.45) is 5.09. The molecule has 0 bridgehead atoms. The van der Waals surface area contributed by atoms with Crippen LogP contribution in [0.2, 0.25) is 0 Å². The van der Waals surface area contributed by atoms with Gasteiger partial charge in [-0.2, -0.15) is 0 Å². The number of hydrogen-bond acceptors (Lipinski definition) is 4. The average molecular weight is 168 g/mol. The molecular formula is C8H12N2O2. The van der Waals surface area contributed by atoms with Crippen LogP contribution in [0.25, 0.3) is 0 Å². The molecule has 0 saturated carbocycles. The maximum Gasteiger partial charge on any atom is 0.339 e. The van der Waals surface area contributed by atoms with E-state index >= 15 is 0 Å². The van der Waals surface area contributed by atoms with Crippen LogP contribution in [-0.2, 0) is 9.53 Å². The van der Waals surface area contributed by atoms with Crippen molar-refractivity contribution >= 4 is 5.97 Å². The molecule has 0 aromatic heterocycles. The molecule has 0 atom stereocenters. The number of nitrogens with zero attached hydrogens (tertiary/aromatic N) is 1. The molecule has 2 N–H and O–H groups in total. The van der Waals surface area contributed by atoms with Crippen LogP contribution >= 0.6 is 0 Å². The van der Waals surface area contributed by atoms with E-state index in [9.17, 15) is 4.79 Å². The summed E-state index contributed by atoms with van der Waals surface area (Å²) in [6, 6.07) is 0. The van der Waals surface area contributed by atoms with Gasteiger partial charge in [0, 0.05) is 6.20 Å². The highest BCUT2D eigenvalue weighted by Crippen LogP contribution is 2.05. The topological polar surface area (TPSA) is 55.6 Å². The van der Waals surface area contributed by atoms with Crippen LogP contribution in [-0.4, -0.2) is 24.1 Å². The first-order chi connectivity index (χ1) is 5.74. The number of ether oxygens (including phenoxy) is 1. The van der Waals surface area contributed by atoms with E-state index in [1.807, 2.05) is 6.08 Å². The molecule has 0 saturated heterocycles. The number of hydrogen-bond donors (Lipinski definition) is 1. The standard InChI is InChI=1S/C8H12N2O2/c1-2-12-8(11)7-4-3-5-10(9)6-7/h3-4,6H,2,5,9H2,1H3. The molecule has 4 nitrogen and oxygen atoms in total. The van der Waals surface area contributed by atoms with E-state index in [2.05, 4.69) is 0 Å². The van der Waals surface area contributed by atoms with E-state index in [0.717, 1.165) is 0 Å². The lowest BCUT2D eigenvalue weighted by Crippen LogP contribution is -2.28. The van der Waals surface area contributed by atoms with Gasteiger partial charge in [0.15, 0.2) is 0 Å². The van der Waals surface area contributed by atoms with Gasteiger partial charge in [0.05, 0.1) is 18.7 Å². The Morgan fingerprint density at radius 3 is 3.17 bits per heavy atom. The quantitative estimate of drug-likeness (QED) is 0.472. The number of rotatable bonds is 2. The molecular weight excluding hydrogens is 156 g/mol. The van der Waals surface area contributed by atoms with E-state index in [1.165, 1.54) is 5.01 Å². The zero-order valence-corrected chi connectivity index (χ0v) is 6.99. The summed E-state index contributed by atoms with van der Waals surface area (Å²) in [4.78, 5) is 11.1. The van der Waals surface area contributed by atoms with Crippen LogP contribution in [0.4, 0.5) is 0 Å². The Bertz CT molecular complexity index is 233. The molecule has 0 fully saturated rings. The maximum absolute atomic E-state index is 11.1. The van der Waals surface area contributed by atoms with E-state index in [4.69, 9.17) is 10.6 Å². The smallest absolute Gasteiger partial charge is 0.339 e. The van der Waals surface area contributed by atoms with Gasteiger partial charge in [-0.1, -0.05) is 6.08 Å². The zero-order chi connectivity index (χ0) is 8.97. The highest BCUT2D eigenvalue weighted by Gasteiger charge is 2.10. The van der Waals surface area contributed by atoms with Crippen molar-refractivity contribution in [2.75, 3.05) is 13.2 Å². The number of carbonyl (C=O) groups excluding carboxylic acids is 1. The Balaban J connectivity index is 2.61. The van der Waals surface area contributed by atoms with Crippen LogP contribution in [0.15, 0.2) is 23.9 Å². The summed E-state index contributed by atoms with van der Waals surface area (Å²) < 4.78 is 4.79. The SMILES string of the molecule is CCOC(=O)C1=CN(N)CC=C1. The first-order valence-corrected chi connectivity index (χ1v) is 3.81. The molecule has 66 valence electrons. The largest absolute Gasteiger partial charge is 0.462 e. The molecule has 4 heteroatoms. The second kappa shape index (κ2) is 3.92. The third-order valence-electron chi connectivity index (χ3n) is 1.43. The van der Waals surface area contributed by atoms with Crippen molar-refractivity contribution < 1.29 is 9.53 Å². The lowest BCUT2D eigenvalue weighted by atomic mass is 10.2. The lowest BCUT2D eigenvalue weighted by molar-refractivity contribution is -0.138. The van der Waals surface area contributed by atoms with E-state index in [0.29, 0.717) is 18.7 Å². The van der Waals surface area contributed by atoms with Gasteiger partial charge >= 0.3 is 5.97 Å². The van der Waals surface area contributed by atoms with E-state index < -0.39 is 0 Å². The predicted molar refractivity (Wildman–Crippen MR) is 44.7 cm³/mol. The summed E-state index contributed by atoms with van der Waals surface area (Å²) in [5.41, 5.74) is 0.491. The number of esters is 1. The van der Waals surface area contributed by atoms with E-state index in [-0.39, 0.29) is 5.97 Å². The van der Waals surface area contributed by atoms with Crippen molar-refractivity contribution in [3.63, 3.8) is 0 Å². The first kappa shape index (κ1) is 8.80. The minimum atomic E-state index is -0.330. The van der Waals surface area contributed by atoms with Crippen molar-refractivity contribution in [1.29, 1.82) is 0 Å². The fourth-order valence-corrected chi connectivity index (χ4v) is 0.911. The summed E-state index contributed by atoms with van der Waals surface area (Å²) in [5, 5.41) is 1.44. The van der Waals surface area contributed by atoms with Gasteiger partial charge in [-0.15, -0.1) is 0 Å². The van der Waals surface area contributed by atoms with Gasteiger partial charge in [0.25, 0.3) is 0 Å². The third kappa shape index (κ3) is 2.10. The second-order valence-corrected chi connectivity index (χ2v) is 2.40. The maximum atomic E-state index is 11.1. The second-order valence-electron chi connectivity index (χ2n) is 2.40. The van der Waals surface area contributed by atoms with Gasteiger partial charge in [-0.3, -0.25) is 0 Å². The minimum Gasteiger partial charge on any atom is -0.462 e. The van der Waals surface area contributed by atoms with Gasteiger partial charge in [0.2, 0.25) is 0 Å². The Labute approximate surface area is 71.3 Å². The molecule has 0 aliphatic carbocycles. The van der Waals surface area contributed by atoms with Crippen molar-refractivity contribution in [3.8, 4) is 0 Å². The first-order valence-electron chi connectivity index (χ1n) is 3.81. The Morgan fingerprint density at radius 2 is 2.58 bits per heavy atom. The fraction of sp³-hybridized carbons (Fsp3) is 0.375. The van der Waals surface area contributed by atoms with Crippen LogP contribution < -0.4 is 5.84 Å². The van der Waals surface area contributed by atoms with E-state index in [1.54, 1.807) is 19.2 Å². The van der Waals surface area contributed by atoms with Gasteiger partial charge in [-0.05, 0) is 13.0 Å². The van der Waals surface area contributed by atoms with Crippen LogP contribution in [0.3, 0.4) is 0 Å². The minimum absolute atomic E-state index is 0.330. The highest BCUT2D eigenvalue weighted by atomic mass is 16.5. The molecule has 0 unspecified atom stereocenters. The normalized spacial score (nSPS) is 15.8. The van der Waals surface area contributed by atoms with Gasteiger partial charge < -0.3 is 9.75 Å². The summed E-state index contributed by atoms with van der Waals surface area (Å²) in [6.45, 7) is 2.78. The van der Waals surface area contributed by atoms with Crippen molar-refractivity contribution in [3.05, 3.63) is 23.9 Å². The number of nitrogens with two attached hydrogens (primary N) is 1. The third-order valence-corrected chi connectivity index (χ3v) is 1.43. The predicted octanol–water partition coefficient (Wildman–Crippen LogP) is 0.179. The van der Waals surface area contributed by atoms with Gasteiger partial charge in [0.1, 0.15) is 0 Å². The molecule has 0 amide bonds. The molecule has 0 radical (unpaired) electrons. The summed E-state index contributed by atoms with van der Waals surface area (Å²) in [7, 11) is 0. The molecule has 12 heavy (non-hydrogen) atoms. The van der Waals surface area contributed by atoms with Crippen molar-refractivity contribution in [2.45, 2.75) is 6.92 Å². The van der Waals surface area contributed by atoms with Crippen LogP contribution in [0.1, 0.15) is 6.92 Å². The van der Waals surface area contributed by atoms with Crippen molar-refractivity contribution in [1.82, 2.24) is 5.01 Å². The highest BCUT2D eigenvalue weighted by molar-refractivity contribution is 5.91. The Hall–Kier alpha value is -1.29. The number of hydrazine groups is 1. The Morgan fingerprint density at radius 1 is 1.83 bits per heavy atom. The molecule has 1 aliphatic rings. The Kier molecular flexibility index (Phi) is 2.88. The molecule has 1 aliphatic heterocycles. The monoisotopic (exact) mass is 168 g/mol. The summed E-state index contributed by atoms with van der Waals surface area (Å²) in [5.74, 6) is 5.13. The molecule has 1 heterocycles. The van der Waals surface area contributed by atoms with Crippen LogP contribution in [0, 0.1) is 0 Å². The summed E-state index contributed by atoms with van der Waals surface area (Å²) >= 11 is 0. The lowest BCUT2D eigenvalue weighted by Gasteiger charge is -2.16. The average Bonchev–Trinajstić information content (AvgIpc) is 2.05.